The third-order valence-corrected chi connectivity index (χ3v) is 4.01. The second-order valence-corrected chi connectivity index (χ2v) is 5.55. The molecule has 2 aliphatic heterocycles. The monoisotopic (exact) mass is 244 g/mol. The zero-order valence-electron chi connectivity index (χ0n) is 10.9. The van der Waals surface area contributed by atoms with Gasteiger partial charge in [-0.15, -0.1) is 0 Å². The molecule has 1 aromatic carbocycles. The van der Waals surface area contributed by atoms with Gasteiger partial charge in [0.15, 0.2) is 0 Å². The number of benzene rings is 1. The Kier molecular flexibility index (Phi) is 2.98. The van der Waals surface area contributed by atoms with Gasteiger partial charge in [-0.2, -0.15) is 0 Å². The summed E-state index contributed by atoms with van der Waals surface area (Å²) in [5.74, 6) is 0.843. The van der Waals surface area contributed by atoms with E-state index in [1.165, 1.54) is 17.7 Å². The molecule has 96 valence electrons. The lowest BCUT2D eigenvalue weighted by Crippen LogP contribution is -2.39. The molecule has 0 spiro atoms. The number of fused-ring (bicyclic) bond motifs is 1. The number of carbonyl (C=O) groups is 1. The Morgan fingerprint density at radius 2 is 2.33 bits per heavy atom. The number of nitrogens with one attached hydrogen (secondary N) is 1. The number of rotatable bonds is 1. The molecule has 0 radical (unpaired) electrons. The van der Waals surface area contributed by atoms with Crippen molar-refractivity contribution in [2.24, 2.45) is 5.92 Å². The molecule has 1 unspecified atom stereocenters. The first-order valence-corrected chi connectivity index (χ1v) is 6.90. The largest absolute Gasteiger partial charge is 0.384 e. The summed E-state index contributed by atoms with van der Waals surface area (Å²) < 4.78 is 0. The number of nitrogens with zero attached hydrogens (tertiary/aromatic N) is 1. The van der Waals surface area contributed by atoms with E-state index in [1.54, 1.807) is 0 Å². The highest BCUT2D eigenvalue weighted by atomic mass is 16.2. The summed E-state index contributed by atoms with van der Waals surface area (Å²) in [7, 11) is 0. The van der Waals surface area contributed by atoms with E-state index in [1.807, 2.05) is 17.0 Å². The molecule has 0 bridgehead atoms. The lowest BCUT2D eigenvalue weighted by Gasteiger charge is -2.31. The fourth-order valence-electron chi connectivity index (χ4n) is 2.99. The van der Waals surface area contributed by atoms with Gasteiger partial charge in [0.25, 0.3) is 5.91 Å². The van der Waals surface area contributed by atoms with E-state index in [4.69, 9.17) is 0 Å². The van der Waals surface area contributed by atoms with Gasteiger partial charge in [0, 0.05) is 30.9 Å². The predicted octanol–water partition coefficient (Wildman–Crippen LogP) is 2.53. The van der Waals surface area contributed by atoms with Gasteiger partial charge < -0.3 is 10.2 Å². The molecule has 3 nitrogen and oxygen atoms in total. The lowest BCUT2D eigenvalue weighted by atomic mass is 9.99. The van der Waals surface area contributed by atoms with Gasteiger partial charge in [0.2, 0.25) is 0 Å². The van der Waals surface area contributed by atoms with Crippen molar-refractivity contribution in [3.8, 4) is 0 Å². The zero-order chi connectivity index (χ0) is 12.5. The van der Waals surface area contributed by atoms with E-state index in [-0.39, 0.29) is 5.91 Å². The molecule has 0 saturated carbocycles. The van der Waals surface area contributed by atoms with Crippen molar-refractivity contribution in [3.63, 3.8) is 0 Å². The Labute approximate surface area is 108 Å². The minimum absolute atomic E-state index is 0.205. The maximum atomic E-state index is 12.5. The highest BCUT2D eigenvalue weighted by molar-refractivity contribution is 5.95. The average molecular weight is 244 g/mol. The van der Waals surface area contributed by atoms with Crippen molar-refractivity contribution >= 4 is 11.6 Å². The number of anilines is 1. The molecule has 1 N–H and O–H groups in total. The second kappa shape index (κ2) is 4.63. The number of carbonyl (C=O) groups excluding carboxylic acids is 1. The van der Waals surface area contributed by atoms with Gasteiger partial charge in [0.1, 0.15) is 0 Å². The molecule has 3 heteroatoms. The van der Waals surface area contributed by atoms with Gasteiger partial charge >= 0.3 is 0 Å². The van der Waals surface area contributed by atoms with Crippen LogP contribution >= 0.6 is 0 Å². The average Bonchev–Trinajstić information content (AvgIpc) is 2.85. The van der Waals surface area contributed by atoms with Crippen molar-refractivity contribution in [1.82, 2.24) is 4.90 Å². The van der Waals surface area contributed by atoms with E-state index in [0.717, 1.165) is 38.0 Å². The van der Waals surface area contributed by atoms with Gasteiger partial charge in [-0.1, -0.05) is 6.92 Å². The topological polar surface area (TPSA) is 32.3 Å². The van der Waals surface area contributed by atoms with Crippen molar-refractivity contribution in [1.29, 1.82) is 0 Å². The van der Waals surface area contributed by atoms with E-state index in [0.29, 0.717) is 5.92 Å². The minimum Gasteiger partial charge on any atom is -0.384 e. The van der Waals surface area contributed by atoms with Crippen LogP contribution in [0.25, 0.3) is 0 Å². The molecule has 0 aromatic heterocycles. The Hall–Kier alpha value is -1.51. The quantitative estimate of drug-likeness (QED) is 0.823. The van der Waals surface area contributed by atoms with Gasteiger partial charge in [-0.25, -0.2) is 0 Å². The first-order valence-electron chi connectivity index (χ1n) is 6.90. The fraction of sp³-hybridized carbons (Fsp3) is 0.533. The van der Waals surface area contributed by atoms with Crippen molar-refractivity contribution in [2.45, 2.75) is 26.2 Å². The maximum absolute atomic E-state index is 12.5. The van der Waals surface area contributed by atoms with Crippen LogP contribution in [0.15, 0.2) is 18.2 Å². The smallest absolute Gasteiger partial charge is 0.253 e. The molecular weight excluding hydrogens is 224 g/mol. The van der Waals surface area contributed by atoms with Gasteiger partial charge in [0.05, 0.1) is 0 Å². The van der Waals surface area contributed by atoms with E-state index in [2.05, 4.69) is 18.3 Å². The van der Waals surface area contributed by atoms with Gasteiger partial charge in [-0.3, -0.25) is 4.79 Å². The third-order valence-electron chi connectivity index (χ3n) is 4.01. The lowest BCUT2D eigenvalue weighted by molar-refractivity contribution is 0.0683. The molecular formula is C15H20N2O. The van der Waals surface area contributed by atoms with Crippen LogP contribution in [0.3, 0.4) is 0 Å². The Morgan fingerprint density at radius 1 is 1.44 bits per heavy atom. The summed E-state index contributed by atoms with van der Waals surface area (Å²) in [5, 5.41) is 3.33. The Balaban J connectivity index is 1.79. The Bertz CT molecular complexity index is 470. The third kappa shape index (κ3) is 2.09. The molecule has 0 aliphatic carbocycles. The normalized spacial score (nSPS) is 22.5. The van der Waals surface area contributed by atoms with Crippen LogP contribution in [0.4, 0.5) is 5.69 Å². The van der Waals surface area contributed by atoms with Crippen molar-refractivity contribution in [2.75, 3.05) is 25.0 Å². The summed E-state index contributed by atoms with van der Waals surface area (Å²) in [6.45, 7) is 5.05. The maximum Gasteiger partial charge on any atom is 0.253 e. The fourth-order valence-corrected chi connectivity index (χ4v) is 2.99. The number of amides is 1. The molecule has 1 saturated heterocycles. The molecule has 2 aliphatic rings. The van der Waals surface area contributed by atoms with Crippen LogP contribution < -0.4 is 5.32 Å². The molecule has 1 amide bonds. The molecule has 18 heavy (non-hydrogen) atoms. The number of likely N-dealkylation sites (tertiary alicyclic amines) is 1. The molecule has 3 rings (SSSR count). The summed E-state index contributed by atoms with van der Waals surface area (Å²) in [4.78, 5) is 14.5. The van der Waals surface area contributed by atoms with Crippen LogP contribution in [0.2, 0.25) is 0 Å². The molecule has 1 aromatic rings. The number of hydrogen-bond donors (Lipinski definition) is 1. The predicted molar refractivity (Wildman–Crippen MR) is 72.9 cm³/mol. The standard InChI is InChI=1S/C15H20N2O/c1-11-3-2-8-17(10-11)15(18)13-4-5-14-12(9-13)6-7-16-14/h4-5,9,11,16H,2-3,6-8,10H2,1H3. The SMILES string of the molecule is CC1CCCN(C(=O)c2ccc3c(c2)CCN3)C1. The summed E-state index contributed by atoms with van der Waals surface area (Å²) in [6.07, 6.45) is 3.42. The van der Waals surface area contributed by atoms with Crippen molar-refractivity contribution < 1.29 is 4.79 Å². The van der Waals surface area contributed by atoms with Crippen LogP contribution in [-0.2, 0) is 6.42 Å². The first kappa shape index (κ1) is 11.6. The summed E-state index contributed by atoms with van der Waals surface area (Å²) in [6, 6.07) is 6.07. The van der Waals surface area contributed by atoms with E-state index in [9.17, 15) is 4.79 Å². The van der Waals surface area contributed by atoms with Crippen molar-refractivity contribution in [3.05, 3.63) is 29.3 Å². The first-order chi connectivity index (χ1) is 8.74. The molecule has 1 atom stereocenters. The van der Waals surface area contributed by atoms with Gasteiger partial charge in [-0.05, 0) is 48.9 Å². The molecule has 1 fully saturated rings. The second-order valence-electron chi connectivity index (χ2n) is 5.55. The highest BCUT2D eigenvalue weighted by Crippen LogP contribution is 2.24. The molecule has 2 heterocycles. The zero-order valence-corrected chi connectivity index (χ0v) is 10.9. The van der Waals surface area contributed by atoms with Crippen LogP contribution in [0.5, 0.6) is 0 Å². The minimum atomic E-state index is 0.205. The summed E-state index contributed by atoms with van der Waals surface area (Å²) >= 11 is 0. The summed E-state index contributed by atoms with van der Waals surface area (Å²) in [5.41, 5.74) is 3.33. The highest BCUT2D eigenvalue weighted by Gasteiger charge is 2.23. The number of piperidine rings is 1. The van der Waals surface area contributed by atoms with Crippen LogP contribution in [0, 0.1) is 5.92 Å². The van der Waals surface area contributed by atoms with Crippen LogP contribution in [-0.4, -0.2) is 30.4 Å². The number of hydrogen-bond acceptors (Lipinski definition) is 2. The van der Waals surface area contributed by atoms with E-state index >= 15 is 0 Å². The van der Waals surface area contributed by atoms with E-state index < -0.39 is 0 Å². The van der Waals surface area contributed by atoms with Crippen LogP contribution in [0.1, 0.15) is 35.7 Å². The Morgan fingerprint density at radius 3 is 3.17 bits per heavy atom.